The quantitative estimate of drug-likeness (QED) is 0.656. The van der Waals surface area contributed by atoms with Gasteiger partial charge in [0.1, 0.15) is 5.82 Å². The van der Waals surface area contributed by atoms with Gasteiger partial charge in [0.2, 0.25) is 0 Å². The highest BCUT2D eigenvalue weighted by Crippen LogP contribution is 2.42. The van der Waals surface area contributed by atoms with Gasteiger partial charge in [-0.15, -0.1) is 0 Å². The number of ether oxygens (including phenoxy) is 2. The zero-order valence-electron chi connectivity index (χ0n) is 17.0. The van der Waals surface area contributed by atoms with Gasteiger partial charge in [-0.05, 0) is 37.6 Å². The van der Waals surface area contributed by atoms with Crippen LogP contribution in [0.4, 0.5) is 10.1 Å². The summed E-state index contributed by atoms with van der Waals surface area (Å²) in [6, 6.07) is 10.7. The Balaban J connectivity index is 1.75. The fourth-order valence-electron chi connectivity index (χ4n) is 3.84. The number of aromatic nitrogens is 2. The molecule has 0 saturated carbocycles. The van der Waals surface area contributed by atoms with E-state index >= 15 is 0 Å². The third-order valence-electron chi connectivity index (χ3n) is 5.50. The summed E-state index contributed by atoms with van der Waals surface area (Å²) in [5, 5.41) is 11.8. The number of methoxy groups -OCH3 is 1. The SMILES string of the molecule is CCC(C)Oc1cccc(N2CCNCC2c2[nH]nc3cc(F)ccc23)c1OC. The fourth-order valence-corrected chi connectivity index (χ4v) is 3.84. The van der Waals surface area contributed by atoms with Crippen molar-refractivity contribution in [3.63, 3.8) is 0 Å². The van der Waals surface area contributed by atoms with E-state index < -0.39 is 0 Å². The Labute approximate surface area is 170 Å². The van der Waals surface area contributed by atoms with Gasteiger partial charge in [0, 0.05) is 31.1 Å². The standard InChI is InChI=1S/C22H27FN4O2/c1-4-14(2)29-20-7-5-6-18(22(20)28-3)27-11-10-24-13-19(27)21-16-9-8-15(23)12-17(16)25-26-21/h5-9,12,14,19,24H,4,10-11,13H2,1-3H3,(H,25,26). The molecular formula is C22H27FN4O2. The summed E-state index contributed by atoms with van der Waals surface area (Å²) in [4.78, 5) is 2.30. The second kappa shape index (κ2) is 8.29. The van der Waals surface area contributed by atoms with E-state index in [4.69, 9.17) is 9.47 Å². The number of anilines is 1. The van der Waals surface area contributed by atoms with Crippen molar-refractivity contribution in [3.05, 3.63) is 47.9 Å². The van der Waals surface area contributed by atoms with Gasteiger partial charge < -0.3 is 19.7 Å². The lowest BCUT2D eigenvalue weighted by molar-refractivity contribution is 0.207. The molecule has 2 unspecified atom stereocenters. The second-order valence-electron chi connectivity index (χ2n) is 7.36. The van der Waals surface area contributed by atoms with E-state index in [2.05, 4.69) is 40.3 Å². The van der Waals surface area contributed by atoms with Gasteiger partial charge in [-0.1, -0.05) is 13.0 Å². The van der Waals surface area contributed by atoms with Crippen LogP contribution in [0.25, 0.3) is 10.9 Å². The molecule has 0 amide bonds. The van der Waals surface area contributed by atoms with Crippen LogP contribution in [0, 0.1) is 5.82 Å². The third-order valence-corrected chi connectivity index (χ3v) is 5.50. The number of piperazine rings is 1. The van der Waals surface area contributed by atoms with Gasteiger partial charge >= 0.3 is 0 Å². The molecule has 6 nitrogen and oxygen atoms in total. The van der Waals surface area contributed by atoms with Crippen LogP contribution in [-0.2, 0) is 0 Å². The van der Waals surface area contributed by atoms with E-state index in [-0.39, 0.29) is 18.0 Å². The minimum absolute atomic E-state index is 0.00644. The van der Waals surface area contributed by atoms with Crippen LogP contribution in [0.5, 0.6) is 11.5 Å². The predicted molar refractivity (Wildman–Crippen MR) is 112 cm³/mol. The number of halogens is 1. The number of nitrogens with zero attached hydrogens (tertiary/aromatic N) is 2. The van der Waals surface area contributed by atoms with Crippen molar-refractivity contribution < 1.29 is 13.9 Å². The van der Waals surface area contributed by atoms with E-state index in [0.717, 1.165) is 54.3 Å². The number of H-pyrrole nitrogens is 1. The number of hydrogen-bond donors (Lipinski definition) is 2. The lowest BCUT2D eigenvalue weighted by Gasteiger charge is -2.38. The number of aromatic amines is 1. The summed E-state index contributed by atoms with van der Waals surface area (Å²) >= 11 is 0. The minimum atomic E-state index is -0.286. The Morgan fingerprint density at radius 3 is 2.97 bits per heavy atom. The third kappa shape index (κ3) is 3.74. The second-order valence-corrected chi connectivity index (χ2v) is 7.36. The molecule has 4 rings (SSSR count). The first-order valence-electron chi connectivity index (χ1n) is 10.1. The maximum Gasteiger partial charge on any atom is 0.184 e. The molecule has 154 valence electrons. The molecule has 1 aliphatic heterocycles. The lowest BCUT2D eigenvalue weighted by Crippen LogP contribution is -2.46. The van der Waals surface area contributed by atoms with Crippen LogP contribution in [0.15, 0.2) is 36.4 Å². The highest BCUT2D eigenvalue weighted by atomic mass is 19.1. The zero-order chi connectivity index (χ0) is 20.4. The van der Waals surface area contributed by atoms with Crippen molar-refractivity contribution in [3.8, 4) is 11.5 Å². The molecule has 29 heavy (non-hydrogen) atoms. The summed E-state index contributed by atoms with van der Waals surface area (Å²) < 4.78 is 25.5. The van der Waals surface area contributed by atoms with Crippen LogP contribution >= 0.6 is 0 Å². The smallest absolute Gasteiger partial charge is 0.184 e. The Hall–Kier alpha value is -2.80. The first kappa shape index (κ1) is 19.5. The number of fused-ring (bicyclic) bond motifs is 1. The van der Waals surface area contributed by atoms with Crippen molar-refractivity contribution in [2.45, 2.75) is 32.4 Å². The number of benzene rings is 2. The molecule has 0 spiro atoms. The molecule has 1 aromatic heterocycles. The van der Waals surface area contributed by atoms with Crippen molar-refractivity contribution in [2.75, 3.05) is 31.6 Å². The first-order valence-corrected chi connectivity index (χ1v) is 10.1. The molecule has 0 aliphatic carbocycles. The summed E-state index contributed by atoms with van der Waals surface area (Å²) in [7, 11) is 1.67. The molecule has 2 aromatic carbocycles. The molecule has 1 fully saturated rings. The summed E-state index contributed by atoms with van der Waals surface area (Å²) in [5.41, 5.74) is 2.57. The van der Waals surface area contributed by atoms with Gasteiger partial charge in [-0.3, -0.25) is 5.10 Å². The molecule has 0 bridgehead atoms. The Kier molecular flexibility index (Phi) is 5.58. The topological polar surface area (TPSA) is 62.4 Å². The molecule has 7 heteroatoms. The van der Waals surface area contributed by atoms with E-state index in [1.54, 1.807) is 13.2 Å². The van der Waals surface area contributed by atoms with Crippen LogP contribution in [0.3, 0.4) is 0 Å². The van der Waals surface area contributed by atoms with Gasteiger partial charge in [-0.2, -0.15) is 5.10 Å². The van der Waals surface area contributed by atoms with E-state index in [1.807, 2.05) is 12.1 Å². The molecule has 1 aliphatic rings. The van der Waals surface area contributed by atoms with E-state index in [9.17, 15) is 4.39 Å². The van der Waals surface area contributed by atoms with Gasteiger partial charge in [0.25, 0.3) is 0 Å². The highest BCUT2D eigenvalue weighted by Gasteiger charge is 2.30. The molecular weight excluding hydrogens is 371 g/mol. The number of rotatable bonds is 6. The molecule has 0 radical (unpaired) electrons. The Morgan fingerprint density at radius 2 is 2.17 bits per heavy atom. The fraction of sp³-hybridized carbons (Fsp3) is 0.409. The van der Waals surface area contributed by atoms with Crippen molar-refractivity contribution in [1.82, 2.24) is 15.5 Å². The molecule has 2 atom stereocenters. The minimum Gasteiger partial charge on any atom is -0.491 e. The summed E-state index contributed by atoms with van der Waals surface area (Å²) in [6.07, 6.45) is 1.02. The van der Waals surface area contributed by atoms with Crippen LogP contribution in [-0.4, -0.2) is 43.0 Å². The van der Waals surface area contributed by atoms with Crippen LogP contribution in [0.1, 0.15) is 32.0 Å². The Bertz CT molecular complexity index is 990. The van der Waals surface area contributed by atoms with Crippen LogP contribution in [0.2, 0.25) is 0 Å². The van der Waals surface area contributed by atoms with Crippen molar-refractivity contribution >= 4 is 16.6 Å². The van der Waals surface area contributed by atoms with Crippen molar-refractivity contribution in [2.24, 2.45) is 0 Å². The van der Waals surface area contributed by atoms with E-state index in [0.29, 0.717) is 5.52 Å². The van der Waals surface area contributed by atoms with Gasteiger partial charge in [0.05, 0.1) is 36.2 Å². The summed E-state index contributed by atoms with van der Waals surface area (Å²) in [6.45, 7) is 6.55. The largest absolute Gasteiger partial charge is 0.491 e. The average Bonchev–Trinajstić information content (AvgIpc) is 3.16. The molecule has 2 heterocycles. The average molecular weight is 398 g/mol. The lowest BCUT2D eigenvalue weighted by atomic mass is 10.0. The van der Waals surface area contributed by atoms with Gasteiger partial charge in [-0.25, -0.2) is 4.39 Å². The number of nitrogens with one attached hydrogen (secondary N) is 2. The first-order chi connectivity index (χ1) is 14.1. The maximum atomic E-state index is 13.6. The maximum absolute atomic E-state index is 13.6. The normalized spacial score (nSPS) is 18.1. The number of para-hydroxylation sites is 1. The predicted octanol–water partition coefficient (Wildman–Crippen LogP) is 4.04. The monoisotopic (exact) mass is 398 g/mol. The van der Waals surface area contributed by atoms with E-state index in [1.165, 1.54) is 12.1 Å². The molecule has 3 aromatic rings. The van der Waals surface area contributed by atoms with Crippen LogP contribution < -0.4 is 19.7 Å². The highest BCUT2D eigenvalue weighted by molar-refractivity contribution is 5.82. The van der Waals surface area contributed by atoms with Crippen molar-refractivity contribution in [1.29, 1.82) is 0 Å². The zero-order valence-corrected chi connectivity index (χ0v) is 17.0. The van der Waals surface area contributed by atoms with Gasteiger partial charge in [0.15, 0.2) is 11.5 Å². The molecule has 1 saturated heterocycles. The molecule has 2 N–H and O–H groups in total. The number of hydrogen-bond acceptors (Lipinski definition) is 5. The summed E-state index contributed by atoms with van der Waals surface area (Å²) in [5.74, 6) is 1.19. The Morgan fingerprint density at radius 1 is 1.31 bits per heavy atom.